The number of benzene rings is 1. The van der Waals surface area contributed by atoms with Gasteiger partial charge in [0.15, 0.2) is 5.75 Å². The Morgan fingerprint density at radius 3 is 2.76 bits per heavy atom. The van der Waals surface area contributed by atoms with E-state index in [0.717, 1.165) is 36.7 Å². The van der Waals surface area contributed by atoms with Crippen LogP contribution in [0.4, 0.5) is 0 Å². The van der Waals surface area contributed by atoms with Gasteiger partial charge in [-0.1, -0.05) is 31.5 Å². The van der Waals surface area contributed by atoms with Gasteiger partial charge in [-0.25, -0.2) is 0 Å². The highest BCUT2D eigenvalue weighted by molar-refractivity contribution is 6.31. The molecule has 114 valence electrons. The topological polar surface area (TPSA) is 39.1 Å². The van der Waals surface area contributed by atoms with E-state index in [4.69, 9.17) is 16.3 Å². The molecule has 0 fully saturated rings. The van der Waals surface area contributed by atoms with Gasteiger partial charge in [0.1, 0.15) is 5.75 Å². The lowest BCUT2D eigenvalue weighted by Gasteiger charge is -2.10. The van der Waals surface area contributed by atoms with Crippen LogP contribution in [0.15, 0.2) is 30.6 Å². The summed E-state index contributed by atoms with van der Waals surface area (Å²) in [5.41, 5.74) is 1.08. The van der Waals surface area contributed by atoms with E-state index in [2.05, 4.69) is 24.3 Å². The average molecular weight is 308 g/mol. The zero-order chi connectivity index (χ0) is 15.2. The van der Waals surface area contributed by atoms with E-state index < -0.39 is 0 Å². The minimum absolute atomic E-state index is 0.626. The van der Waals surface area contributed by atoms with Gasteiger partial charge >= 0.3 is 0 Å². The summed E-state index contributed by atoms with van der Waals surface area (Å²) in [7, 11) is 0. The van der Waals surface area contributed by atoms with Gasteiger partial charge < -0.3 is 10.1 Å². The Hall–Kier alpha value is -1.52. The molecule has 0 spiro atoms. The number of nitrogens with one attached hydrogen (secondary N) is 1. The average Bonchev–Trinajstić information content (AvgIpc) is 2.88. The molecule has 2 rings (SSSR count). The van der Waals surface area contributed by atoms with E-state index in [0.29, 0.717) is 10.9 Å². The molecular formula is C16H22ClN3O. The number of nitrogens with zero attached hydrogens (tertiary/aromatic N) is 2. The molecule has 21 heavy (non-hydrogen) atoms. The van der Waals surface area contributed by atoms with Crippen LogP contribution >= 0.6 is 11.6 Å². The van der Waals surface area contributed by atoms with E-state index in [-0.39, 0.29) is 0 Å². The van der Waals surface area contributed by atoms with Crippen LogP contribution in [-0.2, 0) is 13.1 Å². The summed E-state index contributed by atoms with van der Waals surface area (Å²) >= 11 is 6.30. The molecular weight excluding hydrogens is 286 g/mol. The van der Waals surface area contributed by atoms with Crippen molar-refractivity contribution in [2.45, 2.75) is 33.9 Å². The first-order valence-electron chi connectivity index (χ1n) is 7.28. The Morgan fingerprint density at radius 1 is 1.33 bits per heavy atom. The highest BCUT2D eigenvalue weighted by atomic mass is 35.5. The van der Waals surface area contributed by atoms with Crippen LogP contribution in [0.1, 0.15) is 26.3 Å². The third-order valence-corrected chi connectivity index (χ3v) is 3.41. The standard InChI is InChI=1S/C16H22ClN3O/c1-4-20-11-15(10-19-20)21-14-6-5-13(16(17)7-14)9-18-8-12(2)3/h5-7,10-12,18H,4,8-9H2,1-3H3. The number of hydrogen-bond acceptors (Lipinski definition) is 3. The van der Waals surface area contributed by atoms with Gasteiger partial charge in [-0.3, -0.25) is 4.68 Å². The number of hydrogen-bond donors (Lipinski definition) is 1. The minimum atomic E-state index is 0.626. The maximum Gasteiger partial charge on any atom is 0.165 e. The Balaban J connectivity index is 1.97. The van der Waals surface area contributed by atoms with Crippen molar-refractivity contribution >= 4 is 11.6 Å². The van der Waals surface area contributed by atoms with Crippen LogP contribution < -0.4 is 10.1 Å². The van der Waals surface area contributed by atoms with Crippen molar-refractivity contribution in [1.82, 2.24) is 15.1 Å². The second-order valence-electron chi connectivity index (χ2n) is 5.41. The SMILES string of the molecule is CCn1cc(Oc2ccc(CNCC(C)C)c(Cl)c2)cn1. The van der Waals surface area contributed by atoms with E-state index in [1.807, 2.05) is 36.0 Å². The second-order valence-corrected chi connectivity index (χ2v) is 5.82. The summed E-state index contributed by atoms with van der Waals surface area (Å²) in [5.74, 6) is 2.07. The van der Waals surface area contributed by atoms with Crippen molar-refractivity contribution in [2.24, 2.45) is 5.92 Å². The molecule has 0 aliphatic rings. The number of ether oxygens (including phenoxy) is 1. The van der Waals surface area contributed by atoms with E-state index >= 15 is 0 Å². The first-order chi connectivity index (χ1) is 10.1. The first-order valence-corrected chi connectivity index (χ1v) is 7.65. The highest BCUT2D eigenvalue weighted by Crippen LogP contribution is 2.26. The molecule has 1 aromatic carbocycles. The Morgan fingerprint density at radius 2 is 2.14 bits per heavy atom. The normalized spacial score (nSPS) is 11.1. The summed E-state index contributed by atoms with van der Waals surface area (Å²) < 4.78 is 7.57. The largest absolute Gasteiger partial charge is 0.454 e. The summed E-state index contributed by atoms with van der Waals surface area (Å²) in [6.45, 7) is 8.97. The summed E-state index contributed by atoms with van der Waals surface area (Å²) in [6.07, 6.45) is 3.57. The smallest absolute Gasteiger partial charge is 0.165 e. The van der Waals surface area contributed by atoms with Crippen molar-refractivity contribution < 1.29 is 4.74 Å². The predicted octanol–water partition coefficient (Wildman–Crippen LogP) is 4.09. The Bertz CT molecular complexity index is 581. The van der Waals surface area contributed by atoms with Crippen molar-refractivity contribution in [2.75, 3.05) is 6.54 Å². The molecule has 0 aliphatic carbocycles. The lowest BCUT2D eigenvalue weighted by Crippen LogP contribution is -2.19. The van der Waals surface area contributed by atoms with Crippen LogP contribution in [0.5, 0.6) is 11.5 Å². The number of aromatic nitrogens is 2. The fourth-order valence-corrected chi connectivity index (χ4v) is 2.17. The van der Waals surface area contributed by atoms with E-state index in [1.165, 1.54) is 0 Å². The Kier molecular flexibility index (Phi) is 5.65. The molecule has 1 N–H and O–H groups in total. The maximum absolute atomic E-state index is 6.30. The van der Waals surface area contributed by atoms with Crippen LogP contribution in [0.2, 0.25) is 5.02 Å². The summed E-state index contributed by atoms with van der Waals surface area (Å²) in [6, 6.07) is 5.77. The van der Waals surface area contributed by atoms with Crippen LogP contribution in [0.25, 0.3) is 0 Å². The summed E-state index contributed by atoms with van der Waals surface area (Å²) in [5, 5.41) is 8.27. The zero-order valence-electron chi connectivity index (χ0n) is 12.8. The molecule has 0 amide bonds. The fraction of sp³-hybridized carbons (Fsp3) is 0.438. The molecule has 4 nitrogen and oxygen atoms in total. The van der Waals surface area contributed by atoms with Crippen molar-refractivity contribution in [3.63, 3.8) is 0 Å². The molecule has 5 heteroatoms. The second kappa shape index (κ2) is 7.48. The van der Waals surface area contributed by atoms with Gasteiger partial charge in [0.05, 0.1) is 12.4 Å². The molecule has 0 saturated heterocycles. The first kappa shape index (κ1) is 15.9. The lowest BCUT2D eigenvalue weighted by atomic mass is 10.2. The van der Waals surface area contributed by atoms with Gasteiger partial charge in [-0.2, -0.15) is 5.10 Å². The molecule has 0 radical (unpaired) electrons. The van der Waals surface area contributed by atoms with Crippen LogP contribution in [0.3, 0.4) is 0 Å². The molecule has 1 aromatic heterocycles. The van der Waals surface area contributed by atoms with Crippen molar-refractivity contribution in [1.29, 1.82) is 0 Å². The molecule has 2 aromatic rings. The van der Waals surface area contributed by atoms with Gasteiger partial charge in [0.25, 0.3) is 0 Å². The molecule has 0 unspecified atom stereocenters. The van der Waals surface area contributed by atoms with Crippen LogP contribution in [-0.4, -0.2) is 16.3 Å². The molecule has 0 aliphatic heterocycles. The van der Waals surface area contributed by atoms with Crippen molar-refractivity contribution in [3.05, 3.63) is 41.2 Å². The Labute approximate surface area is 131 Å². The molecule has 1 heterocycles. The lowest BCUT2D eigenvalue weighted by molar-refractivity contribution is 0.480. The van der Waals surface area contributed by atoms with E-state index in [1.54, 1.807) is 6.20 Å². The number of halogens is 1. The minimum Gasteiger partial charge on any atom is -0.454 e. The third kappa shape index (κ3) is 4.76. The maximum atomic E-state index is 6.30. The van der Waals surface area contributed by atoms with Gasteiger partial charge in [0, 0.05) is 18.1 Å². The highest BCUT2D eigenvalue weighted by Gasteiger charge is 2.05. The third-order valence-electron chi connectivity index (χ3n) is 3.06. The molecule has 0 bridgehead atoms. The zero-order valence-corrected chi connectivity index (χ0v) is 13.5. The monoisotopic (exact) mass is 307 g/mol. The quantitative estimate of drug-likeness (QED) is 0.837. The number of rotatable bonds is 7. The summed E-state index contributed by atoms with van der Waals surface area (Å²) in [4.78, 5) is 0. The predicted molar refractivity (Wildman–Crippen MR) is 86.0 cm³/mol. The molecule has 0 saturated carbocycles. The van der Waals surface area contributed by atoms with Crippen LogP contribution in [0, 0.1) is 5.92 Å². The van der Waals surface area contributed by atoms with Crippen molar-refractivity contribution in [3.8, 4) is 11.5 Å². The molecule has 0 atom stereocenters. The van der Waals surface area contributed by atoms with Gasteiger partial charge in [-0.15, -0.1) is 0 Å². The van der Waals surface area contributed by atoms with E-state index in [9.17, 15) is 0 Å². The number of aryl methyl sites for hydroxylation is 1. The van der Waals surface area contributed by atoms with Gasteiger partial charge in [-0.05, 0) is 37.1 Å². The van der Waals surface area contributed by atoms with Gasteiger partial charge in [0.2, 0.25) is 0 Å². The fourth-order valence-electron chi connectivity index (χ4n) is 1.94.